The Labute approximate surface area is 167 Å². The molecule has 0 bridgehead atoms. The molecule has 0 heterocycles. The fourth-order valence-electron chi connectivity index (χ4n) is 6.55. The van der Waals surface area contributed by atoms with Crippen LogP contribution in [0.3, 0.4) is 0 Å². The Hall–Kier alpha value is -0.600. The zero-order chi connectivity index (χ0) is 19.6. The first-order valence-electron chi connectivity index (χ1n) is 11.6. The van der Waals surface area contributed by atoms with Crippen molar-refractivity contribution in [3.05, 3.63) is 23.3 Å². The van der Waals surface area contributed by atoms with Gasteiger partial charge in [-0.25, -0.2) is 0 Å². The molecule has 3 aliphatic rings. The van der Waals surface area contributed by atoms with Crippen LogP contribution in [0, 0.1) is 29.1 Å². The van der Waals surface area contributed by atoms with Gasteiger partial charge in [-0.3, -0.25) is 0 Å². The molecule has 0 aromatic carbocycles. The quantitative estimate of drug-likeness (QED) is 0.616. The van der Waals surface area contributed by atoms with Crippen molar-refractivity contribution >= 4 is 0 Å². The minimum Gasteiger partial charge on any atom is -0.392 e. The van der Waals surface area contributed by atoms with Crippen LogP contribution in [0.2, 0.25) is 0 Å². The smallest absolute Gasteiger partial charge is 0.0627 e. The molecular formula is C25H42O2. The number of fused-ring (bicyclic) bond motifs is 1. The number of rotatable bonds is 5. The molecule has 154 valence electrons. The summed E-state index contributed by atoms with van der Waals surface area (Å²) in [5.74, 6) is 2.47. The van der Waals surface area contributed by atoms with Crippen LogP contribution >= 0.6 is 0 Å². The fraction of sp³-hybridized carbons (Fsp3) is 0.840. The number of unbranched alkanes of at least 4 members (excludes halogenated alkanes) is 1. The van der Waals surface area contributed by atoms with Crippen molar-refractivity contribution in [2.45, 2.75) is 104 Å². The molecule has 0 aromatic heterocycles. The Morgan fingerprint density at radius 3 is 2.52 bits per heavy atom. The lowest BCUT2D eigenvalue weighted by Crippen LogP contribution is -2.36. The molecule has 0 radical (unpaired) electrons. The molecule has 3 fully saturated rings. The monoisotopic (exact) mass is 374 g/mol. The molecule has 7 atom stereocenters. The summed E-state index contributed by atoms with van der Waals surface area (Å²) < 4.78 is 0. The van der Waals surface area contributed by atoms with E-state index in [1.165, 1.54) is 56.9 Å². The van der Waals surface area contributed by atoms with E-state index in [0.717, 1.165) is 30.6 Å². The average Bonchev–Trinajstić information content (AvgIpc) is 2.99. The van der Waals surface area contributed by atoms with Crippen LogP contribution in [-0.2, 0) is 0 Å². The van der Waals surface area contributed by atoms with Crippen molar-refractivity contribution in [3.63, 3.8) is 0 Å². The molecule has 0 aromatic rings. The van der Waals surface area contributed by atoms with Crippen molar-refractivity contribution in [2.24, 2.45) is 29.1 Å². The second-order valence-electron chi connectivity index (χ2n) is 10.2. The summed E-state index contributed by atoms with van der Waals surface area (Å²) in [6.07, 6.45) is 16.0. The predicted octanol–water partition coefficient (Wildman–Crippen LogP) is 6.03. The van der Waals surface area contributed by atoms with Gasteiger partial charge < -0.3 is 10.2 Å². The minimum atomic E-state index is -0.398. The highest BCUT2D eigenvalue weighted by molar-refractivity contribution is 5.26. The normalized spacial score (nSPS) is 43.9. The lowest BCUT2D eigenvalue weighted by molar-refractivity contribution is 0.00407. The average molecular weight is 375 g/mol. The standard InChI is InChI=1S/C25H42O2/c1-5-6-8-17(2)21-12-13-22-20(9-7-14-25(21,22)4)11-10-19-15-23(26)18(3)24(27)16-19/h10-11,17-18,21-24,26-27H,5-9,12-16H2,1-4H3/b19-10?,20-11+/t17?,18?,21?,22-,23+,24?,25+/m0/s1. The zero-order valence-electron chi connectivity index (χ0n) is 18.1. The Balaban J connectivity index is 1.73. The van der Waals surface area contributed by atoms with Gasteiger partial charge in [0.1, 0.15) is 0 Å². The maximum atomic E-state index is 10.2. The second kappa shape index (κ2) is 8.82. The summed E-state index contributed by atoms with van der Waals surface area (Å²) in [4.78, 5) is 0. The third-order valence-corrected chi connectivity index (χ3v) is 8.43. The highest BCUT2D eigenvalue weighted by Gasteiger charge is 2.50. The van der Waals surface area contributed by atoms with E-state index in [1.54, 1.807) is 5.57 Å². The van der Waals surface area contributed by atoms with Crippen LogP contribution in [0.5, 0.6) is 0 Å². The summed E-state index contributed by atoms with van der Waals surface area (Å²) >= 11 is 0. The van der Waals surface area contributed by atoms with E-state index in [2.05, 4.69) is 32.9 Å². The van der Waals surface area contributed by atoms with Gasteiger partial charge in [-0.2, -0.15) is 0 Å². The van der Waals surface area contributed by atoms with Crippen LogP contribution in [0.15, 0.2) is 23.3 Å². The van der Waals surface area contributed by atoms with Crippen LogP contribution < -0.4 is 0 Å². The third kappa shape index (κ3) is 4.37. The molecule has 3 rings (SSSR count). The summed E-state index contributed by atoms with van der Waals surface area (Å²) in [5.41, 5.74) is 3.35. The number of hydrogen-bond donors (Lipinski definition) is 2. The minimum absolute atomic E-state index is 0.00651. The van der Waals surface area contributed by atoms with E-state index in [0.29, 0.717) is 5.41 Å². The van der Waals surface area contributed by atoms with Crippen LogP contribution in [0.1, 0.15) is 91.9 Å². The summed E-state index contributed by atoms with van der Waals surface area (Å²) in [5, 5.41) is 20.4. The van der Waals surface area contributed by atoms with Gasteiger partial charge in [-0.1, -0.05) is 70.3 Å². The molecule has 2 N–H and O–H groups in total. The van der Waals surface area contributed by atoms with Gasteiger partial charge in [-0.05, 0) is 68.1 Å². The Morgan fingerprint density at radius 1 is 1.15 bits per heavy atom. The number of allylic oxidation sites excluding steroid dienone is 3. The molecule has 0 saturated heterocycles. The van der Waals surface area contributed by atoms with Crippen LogP contribution in [0.4, 0.5) is 0 Å². The van der Waals surface area contributed by atoms with E-state index in [9.17, 15) is 10.2 Å². The van der Waals surface area contributed by atoms with E-state index >= 15 is 0 Å². The molecule has 4 unspecified atom stereocenters. The second-order valence-corrected chi connectivity index (χ2v) is 10.2. The first-order valence-corrected chi connectivity index (χ1v) is 11.6. The summed E-state index contributed by atoms with van der Waals surface area (Å²) in [6, 6.07) is 0. The van der Waals surface area contributed by atoms with Crippen LogP contribution in [0.25, 0.3) is 0 Å². The van der Waals surface area contributed by atoms with Crippen molar-refractivity contribution < 1.29 is 10.2 Å². The third-order valence-electron chi connectivity index (χ3n) is 8.43. The molecule has 2 nitrogen and oxygen atoms in total. The van der Waals surface area contributed by atoms with Crippen molar-refractivity contribution in [3.8, 4) is 0 Å². The van der Waals surface area contributed by atoms with Gasteiger partial charge in [0.15, 0.2) is 0 Å². The molecule has 0 amide bonds. The molecule has 0 aliphatic heterocycles. The molecule has 3 aliphatic carbocycles. The lowest BCUT2D eigenvalue weighted by Gasteiger charge is -2.44. The van der Waals surface area contributed by atoms with Gasteiger partial charge in [-0.15, -0.1) is 0 Å². The Morgan fingerprint density at radius 2 is 1.85 bits per heavy atom. The van der Waals surface area contributed by atoms with Gasteiger partial charge in [0, 0.05) is 5.92 Å². The lowest BCUT2D eigenvalue weighted by atomic mass is 9.60. The largest absolute Gasteiger partial charge is 0.392 e. The summed E-state index contributed by atoms with van der Waals surface area (Å²) in [6.45, 7) is 9.34. The maximum Gasteiger partial charge on any atom is 0.0627 e. The molecule has 2 heteroatoms. The SMILES string of the molecule is CCCCC(C)C1CC[C@H]2/C(=C/C=C3CC(O)C(C)[C@H](O)C3)CCC[C@]12C. The first-order chi connectivity index (χ1) is 12.9. The van der Waals surface area contributed by atoms with Crippen molar-refractivity contribution in [2.75, 3.05) is 0 Å². The molecular weight excluding hydrogens is 332 g/mol. The Bertz CT molecular complexity index is 549. The highest BCUT2D eigenvalue weighted by atomic mass is 16.3. The number of aliphatic hydroxyl groups is 2. The van der Waals surface area contributed by atoms with Gasteiger partial charge in [0.2, 0.25) is 0 Å². The van der Waals surface area contributed by atoms with Crippen molar-refractivity contribution in [1.82, 2.24) is 0 Å². The summed E-state index contributed by atoms with van der Waals surface area (Å²) in [7, 11) is 0. The maximum absolute atomic E-state index is 10.2. The molecule has 3 saturated carbocycles. The number of hydrogen-bond acceptors (Lipinski definition) is 2. The van der Waals surface area contributed by atoms with E-state index in [4.69, 9.17) is 0 Å². The van der Waals surface area contributed by atoms with Crippen LogP contribution in [-0.4, -0.2) is 22.4 Å². The van der Waals surface area contributed by atoms with E-state index in [-0.39, 0.29) is 5.92 Å². The highest BCUT2D eigenvalue weighted by Crippen LogP contribution is 2.59. The fourth-order valence-corrected chi connectivity index (χ4v) is 6.55. The van der Waals surface area contributed by atoms with Gasteiger partial charge in [0.05, 0.1) is 12.2 Å². The topological polar surface area (TPSA) is 40.5 Å². The van der Waals surface area contributed by atoms with Gasteiger partial charge in [0.25, 0.3) is 0 Å². The molecule has 0 spiro atoms. The van der Waals surface area contributed by atoms with E-state index in [1.807, 2.05) is 6.92 Å². The van der Waals surface area contributed by atoms with Crippen molar-refractivity contribution in [1.29, 1.82) is 0 Å². The van der Waals surface area contributed by atoms with Gasteiger partial charge >= 0.3 is 0 Å². The zero-order valence-corrected chi connectivity index (χ0v) is 18.1. The Kier molecular flexibility index (Phi) is 6.90. The van der Waals surface area contributed by atoms with E-state index < -0.39 is 12.2 Å². The molecule has 27 heavy (non-hydrogen) atoms. The number of aliphatic hydroxyl groups excluding tert-OH is 2. The first kappa shape index (κ1) is 21.1. The predicted molar refractivity (Wildman–Crippen MR) is 113 cm³/mol.